The number of halogens is 6. The summed E-state index contributed by atoms with van der Waals surface area (Å²) in [6.45, 7) is -0.160. The van der Waals surface area contributed by atoms with Gasteiger partial charge in [-0.2, -0.15) is 31.4 Å². The van der Waals surface area contributed by atoms with Crippen molar-refractivity contribution in [3.63, 3.8) is 0 Å². The fourth-order valence-corrected chi connectivity index (χ4v) is 4.01. The average molecular weight is 499 g/mol. The molecule has 0 aliphatic carbocycles. The van der Waals surface area contributed by atoms with Crippen LogP contribution in [-0.4, -0.2) is 34.0 Å². The summed E-state index contributed by atoms with van der Waals surface area (Å²) >= 11 is 0. The van der Waals surface area contributed by atoms with Crippen molar-refractivity contribution >= 4 is 11.8 Å². The van der Waals surface area contributed by atoms with E-state index in [1.54, 1.807) is 24.3 Å². The van der Waals surface area contributed by atoms with Crippen LogP contribution in [0.2, 0.25) is 0 Å². The van der Waals surface area contributed by atoms with E-state index in [0.29, 0.717) is 0 Å². The highest BCUT2D eigenvalue weighted by atomic mass is 19.4. The van der Waals surface area contributed by atoms with Gasteiger partial charge in [-0.05, 0) is 23.3 Å². The second-order valence-corrected chi connectivity index (χ2v) is 8.03. The van der Waals surface area contributed by atoms with Gasteiger partial charge in [0.05, 0.1) is 24.8 Å². The van der Waals surface area contributed by atoms with Gasteiger partial charge in [-0.25, -0.2) is 9.48 Å². The molecule has 6 nitrogen and oxygen atoms in total. The highest BCUT2D eigenvalue weighted by Crippen LogP contribution is 2.41. The SMILES string of the molecule is O=C(O)c1c(C(F)(F)F)nn2c1N(Cc1cccc(C(F)(F)F)c1)C[C@H]2COCc1ccccc1. The third-order valence-electron chi connectivity index (χ3n) is 5.49. The minimum atomic E-state index is -5.04. The highest BCUT2D eigenvalue weighted by molar-refractivity contribution is 5.95. The first-order valence-electron chi connectivity index (χ1n) is 10.4. The number of anilines is 1. The Labute approximate surface area is 195 Å². The standard InChI is InChI=1S/C23H19F6N3O3/c24-22(25,26)16-8-4-7-15(9-16)10-31-11-17(13-35-12-14-5-2-1-3-6-14)32-20(31)18(21(33)34)19(30-32)23(27,28)29/h1-9,17H,10-13H2,(H,33,34)/t17-/m0/s1. The fraction of sp³-hybridized carbons (Fsp3) is 0.304. The molecule has 0 bridgehead atoms. The maximum Gasteiger partial charge on any atom is 0.436 e. The smallest absolute Gasteiger partial charge is 0.436 e. The van der Waals surface area contributed by atoms with Gasteiger partial charge in [-0.1, -0.05) is 42.5 Å². The summed E-state index contributed by atoms with van der Waals surface area (Å²) < 4.78 is 86.7. The Hall–Kier alpha value is -3.54. The maximum absolute atomic E-state index is 13.6. The number of ether oxygens (including phenoxy) is 1. The van der Waals surface area contributed by atoms with Gasteiger partial charge in [-0.15, -0.1) is 0 Å². The lowest BCUT2D eigenvalue weighted by Gasteiger charge is -2.20. The first-order chi connectivity index (χ1) is 16.4. The zero-order valence-corrected chi connectivity index (χ0v) is 18.0. The number of hydrogen-bond acceptors (Lipinski definition) is 4. The van der Waals surface area contributed by atoms with E-state index >= 15 is 0 Å². The molecule has 35 heavy (non-hydrogen) atoms. The van der Waals surface area contributed by atoms with E-state index in [0.717, 1.165) is 22.4 Å². The predicted molar refractivity (Wildman–Crippen MR) is 112 cm³/mol. The summed E-state index contributed by atoms with van der Waals surface area (Å²) in [6, 6.07) is 12.6. The zero-order valence-electron chi connectivity index (χ0n) is 18.0. The Bertz CT molecular complexity index is 1210. The van der Waals surface area contributed by atoms with Gasteiger partial charge in [0.15, 0.2) is 5.69 Å². The van der Waals surface area contributed by atoms with Gasteiger partial charge >= 0.3 is 18.3 Å². The molecule has 12 heteroatoms. The van der Waals surface area contributed by atoms with Crippen molar-refractivity contribution in [2.24, 2.45) is 0 Å². The minimum Gasteiger partial charge on any atom is -0.477 e. The van der Waals surface area contributed by atoms with E-state index in [1.165, 1.54) is 17.0 Å². The van der Waals surface area contributed by atoms with Crippen LogP contribution in [0.4, 0.5) is 32.2 Å². The maximum atomic E-state index is 13.6. The van der Waals surface area contributed by atoms with Gasteiger partial charge in [0.2, 0.25) is 0 Å². The molecule has 1 aliphatic rings. The topological polar surface area (TPSA) is 67.6 Å². The van der Waals surface area contributed by atoms with E-state index in [-0.39, 0.29) is 37.7 Å². The Morgan fingerprint density at radius 3 is 2.31 bits per heavy atom. The largest absolute Gasteiger partial charge is 0.477 e. The highest BCUT2D eigenvalue weighted by Gasteiger charge is 2.46. The summed E-state index contributed by atoms with van der Waals surface area (Å²) in [4.78, 5) is 13.1. The molecule has 1 aromatic heterocycles. The van der Waals surface area contributed by atoms with Crippen molar-refractivity contribution in [2.45, 2.75) is 31.5 Å². The lowest BCUT2D eigenvalue weighted by Crippen LogP contribution is -2.26. The van der Waals surface area contributed by atoms with Crippen LogP contribution in [0.5, 0.6) is 0 Å². The number of carboxylic acids is 1. The molecule has 1 aliphatic heterocycles. The molecular weight excluding hydrogens is 480 g/mol. The van der Waals surface area contributed by atoms with Crippen LogP contribution in [0.15, 0.2) is 54.6 Å². The van der Waals surface area contributed by atoms with Crippen molar-refractivity contribution in [2.75, 3.05) is 18.1 Å². The Balaban J connectivity index is 1.66. The number of rotatable bonds is 7. The quantitative estimate of drug-likeness (QED) is 0.441. The molecule has 0 radical (unpaired) electrons. The summed E-state index contributed by atoms with van der Waals surface area (Å²) in [5.41, 5.74) is -2.55. The van der Waals surface area contributed by atoms with Crippen molar-refractivity contribution in [3.8, 4) is 0 Å². The molecule has 0 unspecified atom stereocenters. The lowest BCUT2D eigenvalue weighted by molar-refractivity contribution is -0.142. The second-order valence-electron chi connectivity index (χ2n) is 8.03. The van der Waals surface area contributed by atoms with E-state index in [4.69, 9.17) is 4.74 Å². The average Bonchev–Trinajstić information content (AvgIpc) is 3.33. The van der Waals surface area contributed by atoms with Gasteiger partial charge < -0.3 is 14.7 Å². The predicted octanol–water partition coefficient (Wildman–Crippen LogP) is 5.40. The molecule has 2 heterocycles. The van der Waals surface area contributed by atoms with E-state index in [2.05, 4.69) is 5.10 Å². The van der Waals surface area contributed by atoms with Gasteiger partial charge in [0.25, 0.3) is 0 Å². The normalized spacial score (nSPS) is 15.9. The van der Waals surface area contributed by atoms with Crippen LogP contribution in [-0.2, 0) is 30.2 Å². The summed E-state index contributed by atoms with van der Waals surface area (Å²) in [5.74, 6) is -2.16. The van der Waals surface area contributed by atoms with Crippen LogP contribution in [0.3, 0.4) is 0 Å². The molecule has 186 valence electrons. The van der Waals surface area contributed by atoms with E-state index < -0.39 is 41.2 Å². The van der Waals surface area contributed by atoms with Crippen LogP contribution in [0.1, 0.15) is 38.8 Å². The van der Waals surface area contributed by atoms with E-state index in [9.17, 15) is 36.2 Å². The molecule has 0 saturated heterocycles. The molecule has 0 amide bonds. The van der Waals surface area contributed by atoms with Gasteiger partial charge in [0.1, 0.15) is 11.4 Å². The summed E-state index contributed by atoms with van der Waals surface area (Å²) in [5, 5.41) is 13.1. The number of hydrogen-bond donors (Lipinski definition) is 1. The zero-order chi connectivity index (χ0) is 25.4. The first-order valence-corrected chi connectivity index (χ1v) is 10.4. The first kappa shape index (κ1) is 24.6. The van der Waals surface area contributed by atoms with Crippen molar-refractivity contribution in [1.29, 1.82) is 0 Å². The monoisotopic (exact) mass is 499 g/mol. The lowest BCUT2D eigenvalue weighted by atomic mass is 10.1. The molecular formula is C23H19F6N3O3. The van der Waals surface area contributed by atoms with Crippen LogP contribution in [0, 0.1) is 0 Å². The van der Waals surface area contributed by atoms with Crippen LogP contribution < -0.4 is 4.90 Å². The number of aromatic carboxylic acids is 1. The van der Waals surface area contributed by atoms with Crippen molar-refractivity contribution in [3.05, 3.63) is 82.5 Å². The second kappa shape index (κ2) is 9.25. The molecule has 0 saturated carbocycles. The summed E-state index contributed by atoms with van der Waals surface area (Å²) in [7, 11) is 0. The van der Waals surface area contributed by atoms with Gasteiger partial charge in [-0.3, -0.25) is 0 Å². The molecule has 4 rings (SSSR count). The molecule has 3 aromatic rings. The van der Waals surface area contributed by atoms with Crippen LogP contribution in [0.25, 0.3) is 0 Å². The number of carbonyl (C=O) groups is 1. The Morgan fingerprint density at radius 1 is 1.00 bits per heavy atom. The fourth-order valence-electron chi connectivity index (χ4n) is 4.01. The third kappa shape index (κ3) is 5.26. The number of benzene rings is 2. The Morgan fingerprint density at radius 2 is 1.69 bits per heavy atom. The number of alkyl halides is 6. The number of fused-ring (bicyclic) bond motifs is 1. The van der Waals surface area contributed by atoms with Crippen molar-refractivity contribution < 1.29 is 41.0 Å². The molecule has 1 atom stereocenters. The number of carboxylic acid groups (broad SMARTS) is 1. The van der Waals surface area contributed by atoms with Gasteiger partial charge in [0, 0.05) is 13.1 Å². The molecule has 2 aromatic carbocycles. The number of nitrogens with zero attached hydrogens (tertiary/aromatic N) is 3. The molecule has 0 spiro atoms. The van der Waals surface area contributed by atoms with Crippen molar-refractivity contribution in [1.82, 2.24) is 9.78 Å². The third-order valence-corrected chi connectivity index (χ3v) is 5.49. The Kier molecular flexibility index (Phi) is 6.50. The molecule has 0 fully saturated rings. The molecule has 1 N–H and O–H groups in total. The minimum absolute atomic E-state index is 0.00574. The van der Waals surface area contributed by atoms with E-state index in [1.807, 2.05) is 6.07 Å². The van der Waals surface area contributed by atoms with Crippen LogP contribution >= 0.6 is 0 Å². The summed E-state index contributed by atoms with van der Waals surface area (Å²) in [6.07, 6.45) is -9.64. The number of aromatic nitrogens is 2.